The van der Waals surface area contributed by atoms with Crippen molar-refractivity contribution < 1.29 is 0 Å². The molecule has 0 aromatic carbocycles. The van der Waals surface area contributed by atoms with Crippen LogP contribution >= 0.6 is 11.6 Å². The first-order valence-electron chi connectivity index (χ1n) is 3.00. The van der Waals surface area contributed by atoms with Crippen LogP contribution in [-0.2, 0) is 5.00 Å². The Morgan fingerprint density at radius 1 is 1.60 bits per heavy atom. The molecule has 54 valence electrons. The summed E-state index contributed by atoms with van der Waals surface area (Å²) in [6, 6.07) is 5.48. The van der Waals surface area contributed by atoms with E-state index < -0.39 is 5.00 Å². The molecular formula is C7H9ClN2. The average molecular weight is 157 g/mol. The second-order valence-electron chi connectivity index (χ2n) is 2.29. The van der Waals surface area contributed by atoms with Crippen molar-refractivity contribution >= 4 is 11.6 Å². The smallest absolute Gasteiger partial charge is 0.131 e. The summed E-state index contributed by atoms with van der Waals surface area (Å²) >= 11 is 5.77. The Bertz CT molecular complexity index is 203. The number of halogens is 1. The summed E-state index contributed by atoms with van der Waals surface area (Å²) < 4.78 is 0. The number of hydrogen-bond donors (Lipinski definition) is 1. The second-order valence-corrected chi connectivity index (χ2v) is 3.08. The van der Waals surface area contributed by atoms with Crippen molar-refractivity contribution in [2.24, 2.45) is 5.73 Å². The first-order valence-corrected chi connectivity index (χ1v) is 3.38. The largest absolute Gasteiger partial charge is 0.308 e. The highest BCUT2D eigenvalue weighted by atomic mass is 35.5. The van der Waals surface area contributed by atoms with Gasteiger partial charge in [-0.05, 0) is 19.1 Å². The fourth-order valence-electron chi connectivity index (χ4n) is 0.652. The van der Waals surface area contributed by atoms with Crippen molar-refractivity contribution in [3.05, 3.63) is 30.1 Å². The van der Waals surface area contributed by atoms with Crippen LogP contribution in [0.5, 0.6) is 0 Å². The third kappa shape index (κ3) is 1.69. The van der Waals surface area contributed by atoms with Crippen LogP contribution in [0.2, 0.25) is 0 Å². The molecule has 2 nitrogen and oxygen atoms in total. The number of pyridine rings is 1. The molecule has 0 radical (unpaired) electrons. The highest BCUT2D eigenvalue weighted by molar-refractivity contribution is 6.23. The van der Waals surface area contributed by atoms with E-state index in [2.05, 4.69) is 4.98 Å². The molecule has 0 fully saturated rings. The Labute approximate surface area is 65.0 Å². The van der Waals surface area contributed by atoms with Crippen molar-refractivity contribution in [1.82, 2.24) is 4.98 Å². The Balaban J connectivity index is 2.97. The van der Waals surface area contributed by atoms with Crippen LogP contribution in [0, 0.1) is 0 Å². The van der Waals surface area contributed by atoms with Gasteiger partial charge in [0.15, 0.2) is 0 Å². The summed E-state index contributed by atoms with van der Waals surface area (Å²) in [6.45, 7) is 1.71. The summed E-state index contributed by atoms with van der Waals surface area (Å²) in [5.41, 5.74) is 6.25. The van der Waals surface area contributed by atoms with Gasteiger partial charge in [-0.15, -0.1) is 0 Å². The molecule has 3 heteroatoms. The van der Waals surface area contributed by atoms with E-state index in [9.17, 15) is 0 Å². The first kappa shape index (κ1) is 7.51. The standard InChI is InChI=1S/C7H9ClN2/c1-7(8,9)6-4-2-3-5-10-6/h2-5H,9H2,1H3. The van der Waals surface area contributed by atoms with E-state index in [1.165, 1.54) is 0 Å². The fourth-order valence-corrected chi connectivity index (χ4v) is 0.764. The van der Waals surface area contributed by atoms with Gasteiger partial charge in [0.2, 0.25) is 0 Å². The maximum Gasteiger partial charge on any atom is 0.131 e. The van der Waals surface area contributed by atoms with E-state index in [1.807, 2.05) is 12.1 Å². The minimum Gasteiger partial charge on any atom is -0.308 e. The topological polar surface area (TPSA) is 38.9 Å². The molecule has 2 N–H and O–H groups in total. The SMILES string of the molecule is CC(N)(Cl)c1ccccn1. The Hall–Kier alpha value is -0.600. The maximum atomic E-state index is 5.77. The van der Waals surface area contributed by atoms with Gasteiger partial charge in [-0.3, -0.25) is 4.98 Å². The quantitative estimate of drug-likeness (QED) is 0.494. The monoisotopic (exact) mass is 156 g/mol. The zero-order valence-corrected chi connectivity index (χ0v) is 6.47. The van der Waals surface area contributed by atoms with Crippen LogP contribution in [-0.4, -0.2) is 4.98 Å². The molecule has 0 aliphatic heterocycles. The van der Waals surface area contributed by atoms with Crippen molar-refractivity contribution in [2.75, 3.05) is 0 Å². The van der Waals surface area contributed by atoms with Gasteiger partial charge in [-0.1, -0.05) is 17.7 Å². The predicted octanol–water partition coefficient (Wildman–Crippen LogP) is 1.45. The molecule has 0 aliphatic rings. The van der Waals surface area contributed by atoms with Crippen LogP contribution in [0.1, 0.15) is 12.6 Å². The average Bonchev–Trinajstić information content (AvgIpc) is 1.88. The van der Waals surface area contributed by atoms with Gasteiger partial charge in [0, 0.05) is 6.20 Å². The van der Waals surface area contributed by atoms with E-state index in [1.54, 1.807) is 19.2 Å². The zero-order valence-electron chi connectivity index (χ0n) is 5.71. The second kappa shape index (κ2) is 2.56. The number of aromatic nitrogens is 1. The lowest BCUT2D eigenvalue weighted by Crippen LogP contribution is -2.26. The normalized spacial score (nSPS) is 16.3. The molecule has 0 saturated carbocycles. The third-order valence-corrected chi connectivity index (χ3v) is 1.36. The van der Waals surface area contributed by atoms with Crippen LogP contribution in [0.15, 0.2) is 24.4 Å². The van der Waals surface area contributed by atoms with E-state index in [-0.39, 0.29) is 0 Å². The molecule has 10 heavy (non-hydrogen) atoms. The molecule has 0 amide bonds. The van der Waals surface area contributed by atoms with Gasteiger partial charge in [0.05, 0.1) is 5.69 Å². The van der Waals surface area contributed by atoms with Crippen LogP contribution in [0.3, 0.4) is 0 Å². The lowest BCUT2D eigenvalue weighted by molar-refractivity contribution is 0.691. The fraction of sp³-hybridized carbons (Fsp3) is 0.286. The van der Waals surface area contributed by atoms with Crippen molar-refractivity contribution in [2.45, 2.75) is 11.9 Å². The Morgan fingerprint density at radius 2 is 2.30 bits per heavy atom. The van der Waals surface area contributed by atoms with E-state index >= 15 is 0 Å². The zero-order chi connectivity index (χ0) is 7.61. The highest BCUT2D eigenvalue weighted by Crippen LogP contribution is 2.18. The summed E-state index contributed by atoms with van der Waals surface area (Å²) in [7, 11) is 0. The van der Waals surface area contributed by atoms with Gasteiger partial charge in [-0.25, -0.2) is 0 Å². The third-order valence-electron chi connectivity index (χ3n) is 1.17. The molecule has 1 unspecified atom stereocenters. The summed E-state index contributed by atoms with van der Waals surface area (Å²) in [5, 5.41) is 0. The molecule has 0 saturated heterocycles. The number of rotatable bonds is 1. The lowest BCUT2D eigenvalue weighted by Gasteiger charge is -2.13. The van der Waals surface area contributed by atoms with Gasteiger partial charge in [0.25, 0.3) is 0 Å². The maximum absolute atomic E-state index is 5.77. The molecule has 0 aliphatic carbocycles. The molecule has 1 heterocycles. The molecule has 1 aromatic rings. The first-order chi connectivity index (χ1) is 4.61. The lowest BCUT2D eigenvalue weighted by atomic mass is 10.2. The van der Waals surface area contributed by atoms with Crippen molar-refractivity contribution in [3.8, 4) is 0 Å². The molecule has 0 bridgehead atoms. The number of nitrogens with two attached hydrogens (primary N) is 1. The Morgan fingerprint density at radius 3 is 2.60 bits per heavy atom. The molecule has 0 spiro atoms. The van der Waals surface area contributed by atoms with Crippen molar-refractivity contribution in [1.29, 1.82) is 0 Å². The predicted molar refractivity (Wildman–Crippen MR) is 41.6 cm³/mol. The molecule has 1 atom stereocenters. The number of nitrogens with zero attached hydrogens (tertiary/aromatic N) is 1. The van der Waals surface area contributed by atoms with E-state index in [0.717, 1.165) is 0 Å². The molecule has 1 aromatic heterocycles. The number of alkyl halides is 1. The van der Waals surface area contributed by atoms with Crippen LogP contribution in [0.25, 0.3) is 0 Å². The van der Waals surface area contributed by atoms with E-state index in [0.29, 0.717) is 5.69 Å². The van der Waals surface area contributed by atoms with Gasteiger partial charge >= 0.3 is 0 Å². The van der Waals surface area contributed by atoms with Gasteiger partial charge in [-0.2, -0.15) is 0 Å². The minimum absolute atomic E-state index is 0.691. The summed E-state index contributed by atoms with van der Waals surface area (Å²) in [5.74, 6) is 0. The van der Waals surface area contributed by atoms with Gasteiger partial charge < -0.3 is 5.73 Å². The summed E-state index contributed by atoms with van der Waals surface area (Å²) in [4.78, 5) is 3.15. The van der Waals surface area contributed by atoms with E-state index in [4.69, 9.17) is 17.3 Å². The van der Waals surface area contributed by atoms with Gasteiger partial charge in [0.1, 0.15) is 5.00 Å². The Kier molecular flexibility index (Phi) is 1.92. The molecular weight excluding hydrogens is 148 g/mol. The number of hydrogen-bond acceptors (Lipinski definition) is 2. The van der Waals surface area contributed by atoms with Crippen molar-refractivity contribution in [3.63, 3.8) is 0 Å². The highest BCUT2D eigenvalue weighted by Gasteiger charge is 2.17. The summed E-state index contributed by atoms with van der Waals surface area (Å²) in [6.07, 6.45) is 1.67. The van der Waals surface area contributed by atoms with Crippen LogP contribution < -0.4 is 5.73 Å². The van der Waals surface area contributed by atoms with Crippen LogP contribution in [0.4, 0.5) is 0 Å². The minimum atomic E-state index is -0.846. The molecule has 1 rings (SSSR count).